The molecule has 0 saturated heterocycles. The van der Waals surface area contributed by atoms with Gasteiger partial charge in [0.05, 0.1) is 0 Å². The maximum atomic E-state index is 5.77. The largest absolute Gasteiger partial charge is 0.399 e. The van der Waals surface area contributed by atoms with E-state index in [9.17, 15) is 0 Å². The van der Waals surface area contributed by atoms with Crippen molar-refractivity contribution in [1.82, 2.24) is 5.32 Å². The van der Waals surface area contributed by atoms with Crippen LogP contribution in [0.4, 0.5) is 5.69 Å². The van der Waals surface area contributed by atoms with Crippen LogP contribution in [0.5, 0.6) is 0 Å². The molecule has 0 atom stereocenters. The smallest absolute Gasteiger partial charge is 0.0467 e. The highest BCUT2D eigenvalue weighted by atomic mass is 16.5. The highest BCUT2D eigenvalue weighted by Crippen LogP contribution is 2.47. The topological polar surface area (TPSA) is 47.3 Å². The molecule has 0 amide bonds. The number of rotatable bonds is 8. The molecule has 0 heterocycles. The Balaban J connectivity index is 1.83. The summed E-state index contributed by atoms with van der Waals surface area (Å²) in [6, 6.07) is 8.38. The number of nitrogens with one attached hydrogen (secondary N) is 1. The van der Waals surface area contributed by atoms with Gasteiger partial charge in [0, 0.05) is 37.9 Å². The first kappa shape index (κ1) is 15.3. The summed E-state index contributed by atoms with van der Waals surface area (Å²) in [6.07, 6.45) is 3.65. The van der Waals surface area contributed by atoms with E-state index in [2.05, 4.69) is 31.3 Å². The zero-order chi connectivity index (χ0) is 14.6. The summed E-state index contributed by atoms with van der Waals surface area (Å²) in [4.78, 5) is 0. The molecular formula is C17H28N2O. The van der Waals surface area contributed by atoms with Crippen LogP contribution >= 0.6 is 0 Å². The minimum atomic E-state index is 0.285. The average Bonchev–Trinajstić information content (AvgIpc) is 3.18. The molecule has 1 aliphatic carbocycles. The second kappa shape index (κ2) is 6.15. The zero-order valence-corrected chi connectivity index (χ0v) is 13.0. The molecule has 0 unspecified atom stereocenters. The van der Waals surface area contributed by atoms with Gasteiger partial charge in [0.1, 0.15) is 0 Å². The first-order valence-corrected chi connectivity index (χ1v) is 7.53. The second-order valence-electron chi connectivity index (χ2n) is 6.91. The molecular weight excluding hydrogens is 248 g/mol. The van der Waals surface area contributed by atoms with E-state index < -0.39 is 0 Å². The lowest BCUT2D eigenvalue weighted by atomic mass is 9.89. The monoisotopic (exact) mass is 276 g/mol. The van der Waals surface area contributed by atoms with Crippen molar-refractivity contribution in [2.45, 2.75) is 38.5 Å². The van der Waals surface area contributed by atoms with Gasteiger partial charge in [-0.3, -0.25) is 0 Å². The summed E-state index contributed by atoms with van der Waals surface area (Å²) < 4.78 is 5.18. The summed E-state index contributed by atoms with van der Waals surface area (Å²) in [5.74, 6) is 0. The summed E-state index contributed by atoms with van der Waals surface area (Å²) in [5, 5.41) is 3.66. The molecule has 20 heavy (non-hydrogen) atoms. The Morgan fingerprint density at radius 1 is 1.25 bits per heavy atom. The maximum Gasteiger partial charge on any atom is 0.0467 e. The van der Waals surface area contributed by atoms with Crippen molar-refractivity contribution in [2.24, 2.45) is 5.41 Å². The molecule has 0 spiro atoms. The third kappa shape index (κ3) is 3.97. The SMILES string of the molecule is COCCC(C)(C)CNCC1(c2ccc(N)cc2)CC1. The Kier molecular flexibility index (Phi) is 4.71. The maximum absolute atomic E-state index is 5.77. The quantitative estimate of drug-likeness (QED) is 0.718. The molecule has 2 rings (SSSR count). The second-order valence-corrected chi connectivity index (χ2v) is 6.91. The number of hydrogen-bond donors (Lipinski definition) is 2. The number of nitrogen functional groups attached to an aromatic ring is 1. The molecule has 0 radical (unpaired) electrons. The van der Waals surface area contributed by atoms with Crippen molar-refractivity contribution in [3.05, 3.63) is 29.8 Å². The van der Waals surface area contributed by atoms with Gasteiger partial charge in [-0.25, -0.2) is 0 Å². The molecule has 3 nitrogen and oxygen atoms in total. The Morgan fingerprint density at radius 3 is 2.45 bits per heavy atom. The van der Waals surface area contributed by atoms with Gasteiger partial charge in [-0.1, -0.05) is 26.0 Å². The van der Waals surface area contributed by atoms with Crippen LogP contribution in [-0.2, 0) is 10.2 Å². The Morgan fingerprint density at radius 2 is 1.90 bits per heavy atom. The van der Waals surface area contributed by atoms with E-state index in [-0.39, 0.29) is 5.41 Å². The lowest BCUT2D eigenvalue weighted by Crippen LogP contribution is -2.35. The standard InChI is InChI=1S/C17H28N2O/c1-16(2,10-11-20-3)12-19-13-17(8-9-17)14-4-6-15(18)7-5-14/h4-7,19H,8-13,18H2,1-3H3. The lowest BCUT2D eigenvalue weighted by molar-refractivity contribution is 0.150. The van der Waals surface area contributed by atoms with Crippen LogP contribution in [0.3, 0.4) is 0 Å². The first-order valence-electron chi connectivity index (χ1n) is 7.53. The van der Waals surface area contributed by atoms with E-state index in [4.69, 9.17) is 10.5 Å². The molecule has 1 fully saturated rings. The normalized spacial score (nSPS) is 17.1. The molecule has 112 valence electrons. The van der Waals surface area contributed by atoms with Gasteiger partial charge >= 0.3 is 0 Å². The van der Waals surface area contributed by atoms with Gasteiger partial charge in [0.2, 0.25) is 0 Å². The molecule has 1 aliphatic rings. The van der Waals surface area contributed by atoms with Crippen molar-refractivity contribution in [1.29, 1.82) is 0 Å². The summed E-state index contributed by atoms with van der Waals surface area (Å²) in [5.41, 5.74) is 8.67. The number of methoxy groups -OCH3 is 1. The minimum Gasteiger partial charge on any atom is -0.399 e. The Labute approximate surface area is 122 Å². The van der Waals surface area contributed by atoms with E-state index >= 15 is 0 Å². The number of anilines is 1. The van der Waals surface area contributed by atoms with Crippen LogP contribution in [0.1, 0.15) is 38.7 Å². The number of hydrogen-bond acceptors (Lipinski definition) is 3. The number of nitrogens with two attached hydrogens (primary N) is 1. The van der Waals surface area contributed by atoms with Gasteiger partial charge in [-0.2, -0.15) is 0 Å². The van der Waals surface area contributed by atoms with Crippen LogP contribution < -0.4 is 11.1 Å². The number of benzene rings is 1. The molecule has 1 saturated carbocycles. The van der Waals surface area contributed by atoms with Crippen molar-refractivity contribution in [3.8, 4) is 0 Å². The summed E-state index contributed by atoms with van der Waals surface area (Å²) >= 11 is 0. The summed E-state index contributed by atoms with van der Waals surface area (Å²) in [6.45, 7) is 7.52. The highest BCUT2D eigenvalue weighted by molar-refractivity contribution is 5.43. The first-order chi connectivity index (χ1) is 9.47. The van der Waals surface area contributed by atoms with Crippen molar-refractivity contribution in [2.75, 3.05) is 32.5 Å². The van der Waals surface area contributed by atoms with Gasteiger partial charge in [-0.05, 0) is 42.4 Å². The molecule has 0 bridgehead atoms. The fraction of sp³-hybridized carbons (Fsp3) is 0.647. The molecule has 1 aromatic rings. The molecule has 1 aromatic carbocycles. The minimum absolute atomic E-state index is 0.285. The van der Waals surface area contributed by atoms with E-state index in [1.807, 2.05) is 12.1 Å². The molecule has 0 aromatic heterocycles. The van der Waals surface area contributed by atoms with Crippen LogP contribution in [-0.4, -0.2) is 26.8 Å². The average molecular weight is 276 g/mol. The third-order valence-corrected chi connectivity index (χ3v) is 4.43. The van der Waals surface area contributed by atoms with Crippen LogP contribution in [0.2, 0.25) is 0 Å². The summed E-state index contributed by atoms with van der Waals surface area (Å²) in [7, 11) is 1.77. The van der Waals surface area contributed by atoms with Gasteiger partial charge in [-0.15, -0.1) is 0 Å². The Bertz CT molecular complexity index is 421. The molecule has 3 heteroatoms. The van der Waals surface area contributed by atoms with Crippen LogP contribution in [0.15, 0.2) is 24.3 Å². The van der Waals surface area contributed by atoms with E-state index in [0.717, 1.165) is 31.8 Å². The van der Waals surface area contributed by atoms with E-state index in [1.165, 1.54) is 18.4 Å². The molecule has 0 aliphatic heterocycles. The predicted octanol–water partition coefficient (Wildman–Crippen LogP) is 2.95. The van der Waals surface area contributed by atoms with E-state index in [1.54, 1.807) is 7.11 Å². The van der Waals surface area contributed by atoms with Gasteiger partial charge in [0.15, 0.2) is 0 Å². The highest BCUT2D eigenvalue weighted by Gasteiger charge is 2.43. The Hall–Kier alpha value is -1.06. The fourth-order valence-electron chi connectivity index (χ4n) is 2.66. The molecule has 3 N–H and O–H groups in total. The van der Waals surface area contributed by atoms with Crippen LogP contribution in [0, 0.1) is 5.41 Å². The van der Waals surface area contributed by atoms with E-state index in [0.29, 0.717) is 5.41 Å². The van der Waals surface area contributed by atoms with Gasteiger partial charge < -0.3 is 15.8 Å². The lowest BCUT2D eigenvalue weighted by Gasteiger charge is -2.26. The van der Waals surface area contributed by atoms with Gasteiger partial charge in [0.25, 0.3) is 0 Å². The number of ether oxygens (including phenoxy) is 1. The fourth-order valence-corrected chi connectivity index (χ4v) is 2.66. The van der Waals surface area contributed by atoms with Crippen molar-refractivity contribution >= 4 is 5.69 Å². The predicted molar refractivity (Wildman–Crippen MR) is 84.9 cm³/mol. The van der Waals surface area contributed by atoms with Crippen molar-refractivity contribution in [3.63, 3.8) is 0 Å². The third-order valence-electron chi connectivity index (χ3n) is 4.43. The zero-order valence-electron chi connectivity index (χ0n) is 13.0. The van der Waals surface area contributed by atoms with Crippen molar-refractivity contribution < 1.29 is 4.74 Å². The van der Waals surface area contributed by atoms with Crippen LogP contribution in [0.25, 0.3) is 0 Å².